The number of rotatable bonds is 8. The van der Waals surface area contributed by atoms with Gasteiger partial charge in [-0.3, -0.25) is 4.90 Å². The van der Waals surface area contributed by atoms with Crippen molar-refractivity contribution in [2.45, 2.75) is 33.0 Å². The van der Waals surface area contributed by atoms with Crippen LogP contribution in [0.1, 0.15) is 25.0 Å². The minimum Gasteiger partial charge on any atom is -0.496 e. The van der Waals surface area contributed by atoms with Crippen molar-refractivity contribution in [1.82, 2.24) is 4.90 Å². The summed E-state index contributed by atoms with van der Waals surface area (Å²) in [7, 11) is 3.78. The Balaban J connectivity index is 2.58. The zero-order chi connectivity index (χ0) is 14.3. The van der Waals surface area contributed by atoms with Crippen molar-refractivity contribution in [3.8, 4) is 5.75 Å². The fourth-order valence-electron chi connectivity index (χ4n) is 1.90. The van der Waals surface area contributed by atoms with Crippen LogP contribution in [0.4, 0.5) is 0 Å². The molecule has 2 N–H and O–H groups in total. The molecule has 0 atom stereocenters. The van der Waals surface area contributed by atoms with Gasteiger partial charge in [-0.1, -0.05) is 6.07 Å². The monoisotopic (exact) mass is 266 g/mol. The van der Waals surface area contributed by atoms with Crippen LogP contribution in [0, 0.1) is 0 Å². The molecule has 0 heterocycles. The smallest absolute Gasteiger partial charge is 0.123 e. The number of nitrogens with zero attached hydrogens (tertiary/aromatic N) is 1. The van der Waals surface area contributed by atoms with Crippen LogP contribution in [0.5, 0.6) is 5.75 Å². The van der Waals surface area contributed by atoms with Crippen molar-refractivity contribution in [1.29, 1.82) is 0 Å². The Morgan fingerprint density at radius 3 is 2.63 bits per heavy atom. The molecule has 0 aliphatic carbocycles. The number of likely N-dealkylation sites (N-methyl/N-ethyl adjacent to an activating group) is 1. The maximum atomic E-state index is 5.68. The van der Waals surface area contributed by atoms with Gasteiger partial charge >= 0.3 is 0 Å². The van der Waals surface area contributed by atoms with E-state index in [4.69, 9.17) is 15.2 Å². The second kappa shape index (κ2) is 8.15. The number of benzene rings is 1. The molecule has 0 aliphatic heterocycles. The summed E-state index contributed by atoms with van der Waals surface area (Å²) < 4.78 is 10.9. The molecule has 0 bridgehead atoms. The Morgan fingerprint density at radius 1 is 1.32 bits per heavy atom. The lowest BCUT2D eigenvalue weighted by atomic mass is 10.1. The van der Waals surface area contributed by atoms with Crippen LogP contribution in [-0.4, -0.2) is 38.3 Å². The Bertz CT molecular complexity index is 380. The van der Waals surface area contributed by atoms with E-state index in [2.05, 4.69) is 18.0 Å². The van der Waals surface area contributed by atoms with E-state index in [1.807, 2.05) is 26.0 Å². The molecule has 0 aliphatic rings. The molecule has 1 aromatic carbocycles. The normalized spacial score (nSPS) is 11.3. The average molecular weight is 266 g/mol. The van der Waals surface area contributed by atoms with Crippen molar-refractivity contribution in [3.63, 3.8) is 0 Å². The SMILES string of the molecule is COc1ccc(CN)cc1CN(C)CCOC(C)C. The first-order chi connectivity index (χ1) is 9.06. The highest BCUT2D eigenvalue weighted by Gasteiger charge is 2.07. The highest BCUT2D eigenvalue weighted by Crippen LogP contribution is 2.21. The van der Waals surface area contributed by atoms with E-state index in [1.54, 1.807) is 7.11 Å². The second-order valence-corrected chi connectivity index (χ2v) is 5.01. The van der Waals surface area contributed by atoms with Gasteiger partial charge in [-0.15, -0.1) is 0 Å². The fourth-order valence-corrected chi connectivity index (χ4v) is 1.90. The largest absolute Gasteiger partial charge is 0.496 e. The van der Waals surface area contributed by atoms with E-state index in [9.17, 15) is 0 Å². The Hall–Kier alpha value is -1.10. The van der Waals surface area contributed by atoms with Crippen LogP contribution in [0.2, 0.25) is 0 Å². The zero-order valence-electron chi connectivity index (χ0n) is 12.5. The molecule has 0 amide bonds. The highest BCUT2D eigenvalue weighted by atomic mass is 16.5. The lowest BCUT2D eigenvalue weighted by Gasteiger charge is -2.19. The standard InChI is InChI=1S/C15H26N2O2/c1-12(2)19-8-7-17(3)11-14-9-13(10-16)5-6-15(14)18-4/h5-6,9,12H,7-8,10-11,16H2,1-4H3. The van der Waals surface area contributed by atoms with Gasteiger partial charge < -0.3 is 15.2 Å². The molecule has 1 rings (SSSR count). The summed E-state index contributed by atoms with van der Waals surface area (Å²) in [6, 6.07) is 6.10. The van der Waals surface area contributed by atoms with Gasteiger partial charge in [0.05, 0.1) is 19.8 Å². The third-order valence-corrected chi connectivity index (χ3v) is 2.94. The third-order valence-electron chi connectivity index (χ3n) is 2.94. The lowest BCUT2D eigenvalue weighted by molar-refractivity contribution is 0.0626. The van der Waals surface area contributed by atoms with E-state index in [1.165, 1.54) is 0 Å². The average Bonchev–Trinajstić information content (AvgIpc) is 2.38. The summed E-state index contributed by atoms with van der Waals surface area (Å²) in [6.45, 7) is 7.12. The van der Waals surface area contributed by atoms with Gasteiger partial charge in [0.1, 0.15) is 5.75 Å². The first kappa shape index (κ1) is 16.0. The van der Waals surface area contributed by atoms with E-state index in [0.29, 0.717) is 6.54 Å². The number of ether oxygens (including phenoxy) is 2. The van der Waals surface area contributed by atoms with Crippen LogP contribution < -0.4 is 10.5 Å². The van der Waals surface area contributed by atoms with Gasteiger partial charge in [0.15, 0.2) is 0 Å². The van der Waals surface area contributed by atoms with E-state index in [0.717, 1.165) is 36.6 Å². The van der Waals surface area contributed by atoms with Gasteiger partial charge in [-0.05, 0) is 38.6 Å². The molecule has 0 spiro atoms. The summed E-state index contributed by atoms with van der Waals surface area (Å²) in [4.78, 5) is 2.22. The van der Waals surface area contributed by atoms with Crippen LogP contribution in [0.15, 0.2) is 18.2 Å². The predicted octanol–water partition coefficient (Wildman–Crippen LogP) is 2.01. The zero-order valence-corrected chi connectivity index (χ0v) is 12.5. The molecule has 0 fully saturated rings. The number of nitrogens with two attached hydrogens (primary N) is 1. The molecule has 0 saturated carbocycles. The van der Waals surface area contributed by atoms with Crippen LogP contribution in [-0.2, 0) is 17.8 Å². The summed E-state index contributed by atoms with van der Waals surface area (Å²) in [6.07, 6.45) is 0.281. The minimum atomic E-state index is 0.281. The molecule has 4 nitrogen and oxygen atoms in total. The van der Waals surface area contributed by atoms with Crippen molar-refractivity contribution in [3.05, 3.63) is 29.3 Å². The summed E-state index contributed by atoms with van der Waals surface area (Å²) in [5.74, 6) is 0.911. The Labute approximate surface area is 116 Å². The molecular weight excluding hydrogens is 240 g/mol. The maximum Gasteiger partial charge on any atom is 0.123 e. The van der Waals surface area contributed by atoms with Gasteiger partial charge in [0.2, 0.25) is 0 Å². The lowest BCUT2D eigenvalue weighted by Crippen LogP contribution is -2.24. The Morgan fingerprint density at radius 2 is 2.05 bits per heavy atom. The molecule has 19 heavy (non-hydrogen) atoms. The van der Waals surface area contributed by atoms with Gasteiger partial charge in [0, 0.05) is 25.2 Å². The van der Waals surface area contributed by atoms with Crippen LogP contribution in [0.3, 0.4) is 0 Å². The first-order valence-electron chi connectivity index (χ1n) is 6.72. The summed E-state index contributed by atoms with van der Waals surface area (Å²) in [5, 5.41) is 0. The van der Waals surface area contributed by atoms with E-state index < -0.39 is 0 Å². The maximum absolute atomic E-state index is 5.68. The van der Waals surface area contributed by atoms with Crippen molar-refractivity contribution in [2.24, 2.45) is 5.73 Å². The van der Waals surface area contributed by atoms with Crippen molar-refractivity contribution >= 4 is 0 Å². The number of hydrogen-bond acceptors (Lipinski definition) is 4. The molecular formula is C15H26N2O2. The van der Waals surface area contributed by atoms with E-state index in [-0.39, 0.29) is 6.10 Å². The summed E-state index contributed by atoms with van der Waals surface area (Å²) >= 11 is 0. The number of hydrogen-bond donors (Lipinski definition) is 1. The minimum absolute atomic E-state index is 0.281. The molecule has 0 saturated heterocycles. The van der Waals surface area contributed by atoms with Crippen LogP contribution >= 0.6 is 0 Å². The van der Waals surface area contributed by atoms with E-state index >= 15 is 0 Å². The molecule has 108 valence electrons. The highest BCUT2D eigenvalue weighted by molar-refractivity contribution is 5.37. The molecule has 4 heteroatoms. The summed E-state index contributed by atoms with van der Waals surface area (Å²) in [5.41, 5.74) is 7.97. The number of methoxy groups -OCH3 is 1. The van der Waals surface area contributed by atoms with Gasteiger partial charge in [0.25, 0.3) is 0 Å². The van der Waals surface area contributed by atoms with Gasteiger partial charge in [-0.2, -0.15) is 0 Å². The first-order valence-corrected chi connectivity index (χ1v) is 6.72. The van der Waals surface area contributed by atoms with Crippen molar-refractivity contribution in [2.75, 3.05) is 27.3 Å². The predicted molar refractivity (Wildman–Crippen MR) is 78.3 cm³/mol. The molecule has 0 unspecified atom stereocenters. The van der Waals surface area contributed by atoms with Gasteiger partial charge in [-0.25, -0.2) is 0 Å². The molecule has 0 radical (unpaired) electrons. The Kier molecular flexibility index (Phi) is 6.84. The third kappa shape index (κ3) is 5.59. The quantitative estimate of drug-likeness (QED) is 0.782. The second-order valence-electron chi connectivity index (χ2n) is 5.01. The van der Waals surface area contributed by atoms with Crippen LogP contribution in [0.25, 0.3) is 0 Å². The fraction of sp³-hybridized carbons (Fsp3) is 0.600. The molecule has 1 aromatic rings. The molecule has 0 aromatic heterocycles. The topological polar surface area (TPSA) is 47.7 Å². The van der Waals surface area contributed by atoms with Crippen molar-refractivity contribution < 1.29 is 9.47 Å².